The van der Waals surface area contributed by atoms with Gasteiger partial charge in [0.2, 0.25) is 10.0 Å². The molecule has 0 spiro atoms. The zero-order valence-electron chi connectivity index (χ0n) is 10.5. The normalized spacial score (nSPS) is 14.5. The van der Waals surface area contributed by atoms with Gasteiger partial charge in [-0.1, -0.05) is 17.3 Å². The monoisotopic (exact) mass is 271 g/mol. The molecule has 0 aliphatic heterocycles. The van der Waals surface area contributed by atoms with Crippen LogP contribution < -0.4 is 10.5 Å². The van der Waals surface area contributed by atoms with Crippen LogP contribution in [-0.2, 0) is 10.0 Å². The van der Waals surface area contributed by atoms with Crippen molar-refractivity contribution < 1.29 is 13.6 Å². The molecule has 0 fully saturated rings. The zero-order valence-corrected chi connectivity index (χ0v) is 11.3. The summed E-state index contributed by atoms with van der Waals surface area (Å²) >= 11 is 0. The summed E-state index contributed by atoms with van der Waals surface area (Å²) in [5.41, 5.74) is 6.83. The van der Waals surface area contributed by atoms with Crippen LogP contribution in [0, 0.1) is 13.8 Å². The Hall–Kier alpha value is -1.60. The van der Waals surface area contributed by atoms with Crippen LogP contribution in [0.5, 0.6) is 0 Å². The Morgan fingerprint density at radius 2 is 2.06 bits per heavy atom. The van der Waals surface area contributed by atoms with Crippen molar-refractivity contribution in [3.05, 3.63) is 29.3 Å². The van der Waals surface area contributed by atoms with Crippen molar-refractivity contribution in [1.29, 1.82) is 0 Å². The Morgan fingerprint density at radius 1 is 1.44 bits per heavy atom. The number of benzene rings is 1. The van der Waals surface area contributed by atoms with Crippen molar-refractivity contribution in [3.63, 3.8) is 0 Å². The molecular weight excluding hydrogens is 254 g/mol. The predicted octanol–water partition coefficient (Wildman–Crippen LogP) is 0.717. The van der Waals surface area contributed by atoms with E-state index in [2.05, 4.69) is 9.88 Å². The number of sulfonamides is 1. The first-order valence-corrected chi connectivity index (χ1v) is 6.83. The van der Waals surface area contributed by atoms with Gasteiger partial charge < -0.3 is 10.9 Å². The molecule has 18 heavy (non-hydrogen) atoms. The van der Waals surface area contributed by atoms with Gasteiger partial charge in [0.05, 0.1) is 10.9 Å². The molecule has 0 aliphatic carbocycles. The average Bonchev–Trinajstić information content (AvgIpc) is 2.30. The van der Waals surface area contributed by atoms with Crippen molar-refractivity contribution in [3.8, 4) is 0 Å². The largest absolute Gasteiger partial charge is 0.409 e. The van der Waals surface area contributed by atoms with Crippen molar-refractivity contribution in [2.75, 3.05) is 0 Å². The van der Waals surface area contributed by atoms with E-state index in [9.17, 15) is 8.42 Å². The maximum absolute atomic E-state index is 12.1. The summed E-state index contributed by atoms with van der Waals surface area (Å²) in [7, 11) is -3.69. The highest BCUT2D eigenvalue weighted by atomic mass is 32.2. The lowest BCUT2D eigenvalue weighted by Crippen LogP contribution is -2.42. The summed E-state index contributed by atoms with van der Waals surface area (Å²) in [6, 6.07) is 4.37. The summed E-state index contributed by atoms with van der Waals surface area (Å²) in [6.45, 7) is 5.02. The summed E-state index contributed by atoms with van der Waals surface area (Å²) in [6.07, 6.45) is 0. The fraction of sp³-hybridized carbons (Fsp3) is 0.364. The number of aryl methyl sites for hydroxylation is 2. The van der Waals surface area contributed by atoms with Gasteiger partial charge in [-0.05, 0) is 38.0 Å². The molecule has 0 aliphatic rings. The predicted molar refractivity (Wildman–Crippen MR) is 69.1 cm³/mol. The highest BCUT2D eigenvalue weighted by molar-refractivity contribution is 7.89. The van der Waals surface area contributed by atoms with E-state index < -0.39 is 16.1 Å². The Bertz CT molecular complexity index is 567. The fourth-order valence-electron chi connectivity index (χ4n) is 1.44. The van der Waals surface area contributed by atoms with Crippen LogP contribution >= 0.6 is 0 Å². The van der Waals surface area contributed by atoms with Crippen LogP contribution in [0.15, 0.2) is 28.3 Å². The number of nitrogens with zero attached hydrogens (tertiary/aromatic N) is 1. The summed E-state index contributed by atoms with van der Waals surface area (Å²) in [5.74, 6) is -0.191. The number of hydrogen-bond donors (Lipinski definition) is 3. The third kappa shape index (κ3) is 3.21. The van der Waals surface area contributed by atoms with Crippen molar-refractivity contribution in [1.82, 2.24) is 4.72 Å². The van der Waals surface area contributed by atoms with Crippen LogP contribution in [0.3, 0.4) is 0 Å². The SMILES string of the molecule is Cc1ccc(C)c(S(=O)(=O)NC(C)/C(N)=N/O)c1. The number of oxime groups is 1. The molecule has 1 aromatic carbocycles. The van der Waals surface area contributed by atoms with Crippen LogP contribution in [0.4, 0.5) is 0 Å². The number of rotatable bonds is 4. The summed E-state index contributed by atoms with van der Waals surface area (Å²) in [5, 5.41) is 11.3. The molecule has 0 aromatic heterocycles. The minimum Gasteiger partial charge on any atom is -0.409 e. The first-order valence-electron chi connectivity index (χ1n) is 5.35. The number of nitrogens with two attached hydrogens (primary N) is 1. The first kappa shape index (κ1) is 14.5. The Morgan fingerprint density at radius 3 is 2.61 bits per heavy atom. The lowest BCUT2D eigenvalue weighted by atomic mass is 10.2. The van der Waals surface area contributed by atoms with Gasteiger partial charge in [-0.15, -0.1) is 0 Å². The standard InChI is InChI=1S/C11H17N3O3S/c1-7-4-5-8(2)10(6-7)18(16,17)14-9(3)11(12)13-15/h4-6,9,14-15H,1-3H3,(H2,12,13). The Balaban J connectivity index is 3.11. The highest BCUT2D eigenvalue weighted by Gasteiger charge is 2.21. The molecule has 1 unspecified atom stereocenters. The van der Waals surface area contributed by atoms with E-state index >= 15 is 0 Å². The molecular formula is C11H17N3O3S. The third-order valence-electron chi connectivity index (χ3n) is 2.52. The maximum Gasteiger partial charge on any atom is 0.241 e. The second kappa shape index (κ2) is 5.36. The van der Waals surface area contributed by atoms with E-state index in [0.29, 0.717) is 5.56 Å². The molecule has 4 N–H and O–H groups in total. The number of hydrogen-bond acceptors (Lipinski definition) is 4. The Kier molecular flexibility index (Phi) is 4.31. The van der Waals surface area contributed by atoms with Gasteiger partial charge in [0.1, 0.15) is 0 Å². The molecule has 0 radical (unpaired) electrons. The molecule has 0 bridgehead atoms. The average molecular weight is 271 g/mol. The molecule has 1 atom stereocenters. The molecule has 0 saturated carbocycles. The topological polar surface area (TPSA) is 105 Å². The lowest BCUT2D eigenvalue weighted by Gasteiger charge is -2.14. The van der Waals surface area contributed by atoms with Crippen LogP contribution in [0.2, 0.25) is 0 Å². The van der Waals surface area contributed by atoms with Gasteiger partial charge in [0, 0.05) is 0 Å². The second-order valence-electron chi connectivity index (χ2n) is 4.14. The number of amidine groups is 1. The van der Waals surface area contributed by atoms with Crippen LogP contribution in [0.1, 0.15) is 18.1 Å². The molecule has 0 heterocycles. The molecule has 1 rings (SSSR count). The van der Waals surface area contributed by atoms with Gasteiger partial charge in [0.15, 0.2) is 5.84 Å². The fourth-order valence-corrected chi connectivity index (χ4v) is 2.99. The van der Waals surface area contributed by atoms with Crippen molar-refractivity contribution in [2.45, 2.75) is 31.7 Å². The van der Waals surface area contributed by atoms with E-state index in [4.69, 9.17) is 10.9 Å². The summed E-state index contributed by atoms with van der Waals surface area (Å²) < 4.78 is 26.6. The van der Waals surface area contributed by atoms with Crippen LogP contribution in [-0.4, -0.2) is 25.5 Å². The second-order valence-corrected chi connectivity index (χ2v) is 5.82. The molecule has 0 saturated heterocycles. The molecule has 1 aromatic rings. The van der Waals surface area contributed by atoms with Gasteiger partial charge in [-0.25, -0.2) is 13.1 Å². The van der Waals surface area contributed by atoms with Crippen molar-refractivity contribution in [2.24, 2.45) is 10.9 Å². The van der Waals surface area contributed by atoms with Gasteiger partial charge in [-0.2, -0.15) is 0 Å². The summed E-state index contributed by atoms with van der Waals surface area (Å²) in [4.78, 5) is 0.195. The van der Waals surface area contributed by atoms with Gasteiger partial charge in [-0.3, -0.25) is 0 Å². The highest BCUT2D eigenvalue weighted by Crippen LogP contribution is 2.16. The quantitative estimate of drug-likeness (QED) is 0.325. The van der Waals surface area contributed by atoms with Gasteiger partial charge >= 0.3 is 0 Å². The Labute approximate surface area is 107 Å². The molecule has 6 nitrogen and oxygen atoms in total. The van der Waals surface area contributed by atoms with E-state index in [1.807, 2.05) is 13.0 Å². The molecule has 7 heteroatoms. The zero-order chi connectivity index (χ0) is 13.9. The maximum atomic E-state index is 12.1. The van der Waals surface area contributed by atoms with Gasteiger partial charge in [0.25, 0.3) is 0 Å². The molecule has 0 amide bonds. The van der Waals surface area contributed by atoms with Crippen LogP contribution in [0.25, 0.3) is 0 Å². The van der Waals surface area contributed by atoms with E-state index in [1.165, 1.54) is 6.92 Å². The van der Waals surface area contributed by atoms with Crippen molar-refractivity contribution >= 4 is 15.9 Å². The molecule has 100 valence electrons. The lowest BCUT2D eigenvalue weighted by molar-refractivity contribution is 0.316. The van der Waals surface area contributed by atoms with E-state index in [1.54, 1.807) is 19.1 Å². The third-order valence-corrected chi connectivity index (χ3v) is 4.21. The smallest absolute Gasteiger partial charge is 0.241 e. The minimum absolute atomic E-state index is 0.191. The van der Waals surface area contributed by atoms with E-state index in [0.717, 1.165) is 5.56 Å². The number of nitrogens with one attached hydrogen (secondary N) is 1. The van der Waals surface area contributed by atoms with E-state index in [-0.39, 0.29) is 10.7 Å². The first-order chi connectivity index (χ1) is 8.27. The minimum atomic E-state index is -3.69.